The van der Waals surface area contributed by atoms with Crippen LogP contribution in [-0.4, -0.2) is 10.1 Å². The van der Waals surface area contributed by atoms with Crippen molar-refractivity contribution >= 4 is 11.1 Å². The van der Waals surface area contributed by atoms with Crippen molar-refractivity contribution in [3.63, 3.8) is 0 Å². The summed E-state index contributed by atoms with van der Waals surface area (Å²) in [5, 5.41) is 10.2. The summed E-state index contributed by atoms with van der Waals surface area (Å²) in [5.74, 6) is 0. The monoisotopic (exact) mass is 163 g/mol. The summed E-state index contributed by atoms with van der Waals surface area (Å²) < 4.78 is 5.06. The van der Waals surface area contributed by atoms with Gasteiger partial charge in [-0.15, -0.1) is 0 Å². The smallest absolute Gasteiger partial charge is 0.225 e. The van der Waals surface area contributed by atoms with Crippen molar-refractivity contribution in [1.82, 2.24) is 4.98 Å². The van der Waals surface area contributed by atoms with Gasteiger partial charge in [0, 0.05) is 11.6 Å². The van der Waals surface area contributed by atoms with Crippen molar-refractivity contribution in [2.75, 3.05) is 0 Å². The second kappa shape index (κ2) is 2.60. The average Bonchev–Trinajstić information content (AvgIpc) is 2.49. The molecule has 1 unspecified atom stereocenters. The third-order valence-electron chi connectivity index (χ3n) is 1.81. The van der Waals surface area contributed by atoms with E-state index in [9.17, 15) is 5.11 Å². The van der Waals surface area contributed by atoms with Crippen LogP contribution in [0.2, 0.25) is 0 Å². The molecule has 2 heterocycles. The molecule has 1 N–H and O–H groups in total. The fourth-order valence-corrected chi connectivity index (χ4v) is 1.10. The number of aliphatic hydroxyl groups is 1. The van der Waals surface area contributed by atoms with Crippen LogP contribution in [0.5, 0.6) is 0 Å². The van der Waals surface area contributed by atoms with Crippen LogP contribution in [0.3, 0.4) is 0 Å². The molecule has 3 nitrogen and oxygen atoms in total. The Morgan fingerprint density at radius 2 is 2.42 bits per heavy atom. The predicted molar refractivity (Wildman–Crippen MR) is 44.6 cm³/mol. The molecule has 0 saturated heterocycles. The molecule has 1 atom stereocenters. The summed E-state index contributed by atoms with van der Waals surface area (Å²) in [5.41, 5.74) is 1.42. The van der Waals surface area contributed by atoms with Gasteiger partial charge in [0.2, 0.25) is 5.71 Å². The van der Waals surface area contributed by atoms with Crippen molar-refractivity contribution in [2.24, 2.45) is 0 Å². The highest BCUT2D eigenvalue weighted by Crippen LogP contribution is 2.18. The van der Waals surface area contributed by atoms with Gasteiger partial charge in [0.25, 0.3) is 0 Å². The largest absolute Gasteiger partial charge is 0.446 e. The molecule has 2 rings (SSSR count). The molecule has 0 bridgehead atoms. The van der Waals surface area contributed by atoms with Gasteiger partial charge < -0.3 is 9.52 Å². The Morgan fingerprint density at radius 1 is 1.58 bits per heavy atom. The number of rotatable bonds is 1. The van der Waals surface area contributed by atoms with Gasteiger partial charge in [0.05, 0.1) is 12.4 Å². The molecule has 12 heavy (non-hydrogen) atoms. The maximum Gasteiger partial charge on any atom is 0.225 e. The zero-order valence-electron chi connectivity index (χ0n) is 6.69. The summed E-state index contributed by atoms with van der Waals surface area (Å²) in [4.78, 5) is 4.04. The molecule has 62 valence electrons. The van der Waals surface area contributed by atoms with Gasteiger partial charge in [-0.1, -0.05) is 0 Å². The van der Waals surface area contributed by atoms with E-state index in [1.165, 1.54) is 0 Å². The van der Waals surface area contributed by atoms with Crippen LogP contribution < -0.4 is 0 Å². The number of aliphatic hydroxyl groups excluding tert-OH is 1. The van der Waals surface area contributed by atoms with E-state index in [0.29, 0.717) is 5.71 Å². The number of hydrogen-bond donors (Lipinski definition) is 1. The maximum absolute atomic E-state index is 9.25. The summed E-state index contributed by atoms with van der Waals surface area (Å²) in [6.07, 6.45) is 2.73. The van der Waals surface area contributed by atoms with E-state index < -0.39 is 6.10 Å². The highest BCUT2D eigenvalue weighted by atomic mass is 16.3. The molecule has 2 aromatic heterocycles. The van der Waals surface area contributed by atoms with Gasteiger partial charge in [-0.3, -0.25) is 0 Å². The molecule has 0 aliphatic carbocycles. The van der Waals surface area contributed by atoms with Crippen LogP contribution in [-0.2, 0) is 0 Å². The van der Waals surface area contributed by atoms with E-state index in [1.807, 2.05) is 12.1 Å². The number of hydrogen-bond acceptors (Lipinski definition) is 3. The molecule has 0 saturated carbocycles. The van der Waals surface area contributed by atoms with Crippen LogP contribution in [0.4, 0.5) is 0 Å². The third kappa shape index (κ3) is 1.08. The average molecular weight is 163 g/mol. The second-order valence-corrected chi connectivity index (χ2v) is 2.76. The molecule has 0 fully saturated rings. The minimum atomic E-state index is -0.475. The zero-order valence-corrected chi connectivity index (χ0v) is 6.69. The van der Waals surface area contributed by atoms with Crippen LogP contribution >= 0.6 is 0 Å². The number of furan rings is 1. The fourth-order valence-electron chi connectivity index (χ4n) is 1.10. The minimum absolute atomic E-state index is 0.475. The number of fused-ring (bicyclic) bond motifs is 1. The number of aromatic nitrogens is 1. The summed E-state index contributed by atoms with van der Waals surface area (Å²) in [7, 11) is 0. The summed E-state index contributed by atoms with van der Waals surface area (Å²) >= 11 is 0. The molecule has 0 spiro atoms. The van der Waals surface area contributed by atoms with Crippen LogP contribution in [0, 0.1) is 0 Å². The Morgan fingerprint density at radius 3 is 3.17 bits per heavy atom. The second-order valence-electron chi connectivity index (χ2n) is 2.76. The summed E-state index contributed by atoms with van der Waals surface area (Å²) in [6.45, 7) is 1.71. The molecule has 0 aromatic carbocycles. The zero-order chi connectivity index (χ0) is 8.55. The third-order valence-corrected chi connectivity index (χ3v) is 1.81. The molecular weight excluding hydrogens is 154 g/mol. The van der Waals surface area contributed by atoms with Gasteiger partial charge in [-0.05, 0) is 24.6 Å². The highest BCUT2D eigenvalue weighted by molar-refractivity contribution is 5.73. The lowest BCUT2D eigenvalue weighted by Crippen LogP contribution is -1.90. The molecule has 0 amide bonds. The first-order valence-corrected chi connectivity index (χ1v) is 3.78. The highest BCUT2D eigenvalue weighted by Gasteiger charge is 2.03. The molecule has 3 heteroatoms. The molecule has 0 aliphatic heterocycles. The summed E-state index contributed by atoms with van der Waals surface area (Å²) in [6, 6.07) is 3.70. The normalized spacial score (nSPS) is 13.5. The molecule has 0 aliphatic rings. The lowest BCUT2D eigenvalue weighted by Gasteiger charge is -2.01. The van der Waals surface area contributed by atoms with Crippen molar-refractivity contribution in [2.45, 2.75) is 13.0 Å². The SMILES string of the molecule is CC(O)c1cnc2occc2c1. The van der Waals surface area contributed by atoms with Crippen molar-refractivity contribution < 1.29 is 9.52 Å². The van der Waals surface area contributed by atoms with Gasteiger partial charge >= 0.3 is 0 Å². The van der Waals surface area contributed by atoms with E-state index in [2.05, 4.69) is 4.98 Å². The number of nitrogens with zero attached hydrogens (tertiary/aromatic N) is 1. The maximum atomic E-state index is 9.25. The van der Waals surface area contributed by atoms with Crippen molar-refractivity contribution in [3.05, 3.63) is 30.2 Å². The van der Waals surface area contributed by atoms with Crippen LogP contribution in [0.25, 0.3) is 11.1 Å². The first-order valence-electron chi connectivity index (χ1n) is 3.78. The van der Waals surface area contributed by atoms with E-state index >= 15 is 0 Å². The molecule has 2 aromatic rings. The first kappa shape index (κ1) is 7.31. The van der Waals surface area contributed by atoms with Gasteiger partial charge in [0.1, 0.15) is 0 Å². The van der Waals surface area contributed by atoms with Gasteiger partial charge in [-0.25, -0.2) is 4.98 Å². The first-order chi connectivity index (χ1) is 5.77. The Hall–Kier alpha value is -1.35. The quantitative estimate of drug-likeness (QED) is 0.698. The molecular formula is C9H9NO2. The van der Waals surface area contributed by atoms with E-state index in [0.717, 1.165) is 10.9 Å². The Balaban J connectivity index is 2.60. The van der Waals surface area contributed by atoms with Crippen LogP contribution in [0.1, 0.15) is 18.6 Å². The predicted octanol–water partition coefficient (Wildman–Crippen LogP) is 1.88. The Bertz CT molecular complexity index is 392. The Kier molecular flexibility index (Phi) is 1.59. The van der Waals surface area contributed by atoms with Gasteiger partial charge in [-0.2, -0.15) is 0 Å². The van der Waals surface area contributed by atoms with Crippen molar-refractivity contribution in [3.8, 4) is 0 Å². The topological polar surface area (TPSA) is 46.3 Å². The molecule has 0 radical (unpaired) electrons. The lowest BCUT2D eigenvalue weighted by molar-refractivity contribution is 0.199. The number of pyridine rings is 1. The van der Waals surface area contributed by atoms with E-state index in [4.69, 9.17) is 4.42 Å². The van der Waals surface area contributed by atoms with Crippen LogP contribution in [0.15, 0.2) is 29.0 Å². The lowest BCUT2D eigenvalue weighted by atomic mass is 10.1. The van der Waals surface area contributed by atoms with Gasteiger partial charge in [0.15, 0.2) is 0 Å². The van der Waals surface area contributed by atoms with E-state index in [1.54, 1.807) is 19.4 Å². The minimum Gasteiger partial charge on any atom is -0.446 e. The van der Waals surface area contributed by atoms with Crippen molar-refractivity contribution in [1.29, 1.82) is 0 Å². The standard InChI is InChI=1S/C9H9NO2/c1-6(11)8-4-7-2-3-12-9(7)10-5-8/h2-6,11H,1H3. The van der Waals surface area contributed by atoms with E-state index in [-0.39, 0.29) is 0 Å². The fraction of sp³-hybridized carbons (Fsp3) is 0.222. The Labute approximate surface area is 69.7 Å².